The van der Waals surface area contributed by atoms with E-state index in [1.54, 1.807) is 30.7 Å². The van der Waals surface area contributed by atoms with Crippen LogP contribution in [0.4, 0.5) is 29.1 Å². The Morgan fingerprint density at radius 3 is 2.41 bits per heavy atom. The molecule has 2 saturated heterocycles. The summed E-state index contributed by atoms with van der Waals surface area (Å²) in [6.45, 7) is 4.79. The third kappa shape index (κ3) is 8.54. The fraction of sp³-hybridized carbons (Fsp3) is 0.382. The van der Waals surface area contributed by atoms with Gasteiger partial charge in [-0.15, -0.1) is 0 Å². The van der Waals surface area contributed by atoms with Crippen molar-refractivity contribution in [3.8, 4) is 17.0 Å². The molecule has 272 valence electrons. The van der Waals surface area contributed by atoms with Crippen molar-refractivity contribution < 1.29 is 46.9 Å². The van der Waals surface area contributed by atoms with Crippen LogP contribution in [-0.2, 0) is 9.59 Å². The van der Waals surface area contributed by atoms with Crippen LogP contribution in [0.2, 0.25) is 0 Å². The molecule has 4 aromatic rings. The molecule has 2 fully saturated rings. The number of ether oxygens (including phenoxy) is 1. The van der Waals surface area contributed by atoms with Gasteiger partial charge in [-0.3, -0.25) is 14.0 Å². The molecule has 2 aromatic carbocycles. The van der Waals surface area contributed by atoms with Crippen LogP contribution in [0.3, 0.4) is 0 Å². The zero-order chi connectivity index (χ0) is 36.9. The second-order valence-electron chi connectivity index (χ2n) is 12.1. The van der Waals surface area contributed by atoms with Crippen molar-refractivity contribution >= 4 is 34.9 Å². The highest BCUT2D eigenvalue weighted by molar-refractivity contribution is 5.96. The number of aryl methyl sites for hydroxylation is 1. The van der Waals surface area contributed by atoms with Crippen LogP contribution in [0.15, 0.2) is 55.0 Å². The van der Waals surface area contributed by atoms with Gasteiger partial charge in [0, 0.05) is 73.9 Å². The summed E-state index contributed by atoms with van der Waals surface area (Å²) in [6.07, 6.45) is 1.25. The Hall–Kier alpha value is -5.29. The van der Waals surface area contributed by atoms with E-state index in [2.05, 4.69) is 20.6 Å². The van der Waals surface area contributed by atoms with Crippen molar-refractivity contribution in [1.29, 1.82) is 0 Å². The molecule has 1 unspecified atom stereocenters. The quantitative estimate of drug-likeness (QED) is 0.207. The molecule has 13 nitrogen and oxygen atoms in total. The molecule has 0 saturated carbocycles. The monoisotopic (exact) mass is 715 g/mol. The first-order valence-corrected chi connectivity index (χ1v) is 16.1. The van der Waals surface area contributed by atoms with Crippen LogP contribution >= 0.6 is 0 Å². The Morgan fingerprint density at radius 2 is 1.78 bits per heavy atom. The maximum Gasteiger partial charge on any atom is 0.490 e. The number of aliphatic hydroxyl groups excluding tert-OH is 1. The molecule has 0 bridgehead atoms. The van der Waals surface area contributed by atoms with Crippen LogP contribution in [0, 0.1) is 18.7 Å². The topological polar surface area (TPSA) is 162 Å². The van der Waals surface area contributed by atoms with Gasteiger partial charge >= 0.3 is 12.1 Å². The van der Waals surface area contributed by atoms with Gasteiger partial charge in [0.25, 0.3) is 5.91 Å². The van der Waals surface area contributed by atoms with Crippen molar-refractivity contribution in [2.75, 3.05) is 51.8 Å². The Morgan fingerprint density at radius 1 is 1.06 bits per heavy atom. The molecule has 2 amide bonds. The number of likely N-dealkylation sites (tertiary alicyclic amines) is 1. The highest BCUT2D eigenvalue weighted by atomic mass is 19.4. The minimum absolute atomic E-state index is 0.00772. The first kappa shape index (κ1) is 37.0. The van der Waals surface area contributed by atoms with Crippen molar-refractivity contribution in [2.24, 2.45) is 5.92 Å². The number of rotatable bonds is 7. The van der Waals surface area contributed by atoms with Gasteiger partial charge in [-0.2, -0.15) is 13.2 Å². The van der Waals surface area contributed by atoms with Gasteiger partial charge in [-0.25, -0.2) is 19.2 Å². The van der Waals surface area contributed by atoms with Crippen LogP contribution in [0.1, 0.15) is 28.8 Å². The van der Waals surface area contributed by atoms with E-state index >= 15 is 0 Å². The van der Waals surface area contributed by atoms with E-state index in [4.69, 9.17) is 14.6 Å². The molecular formula is C34H37F4N7O6. The first-order valence-electron chi connectivity index (χ1n) is 16.1. The molecule has 2 aromatic heterocycles. The third-order valence-electron chi connectivity index (χ3n) is 8.76. The molecule has 17 heteroatoms. The number of carboxylic acids is 1. The highest BCUT2D eigenvalue weighted by Gasteiger charge is 2.38. The number of aliphatic carboxylic acids is 1. The molecule has 1 atom stereocenters. The fourth-order valence-electron chi connectivity index (χ4n) is 6.07. The van der Waals surface area contributed by atoms with Crippen molar-refractivity contribution in [2.45, 2.75) is 32.0 Å². The standard InChI is InChI=1S/C32H36FN7O4.C2HF3O2/c1-20-15-23(37-29-30-36-17-27(40(30)14-10-35-29)22-3-6-28(44-2)26(33)16-22)4-5-25(20)32(43)38-11-7-21(8-12-38)31(42)39-13-9-34-24(18-39)19-41;3-2(4,5)1(6)7/h3-6,10,14-17,21,24,34,41H,7-9,11-13,18-19H2,1-2H3,(H,35,37);(H,6,7). The van der Waals surface area contributed by atoms with Gasteiger partial charge in [-0.1, -0.05) is 0 Å². The number of aromatic nitrogens is 3. The predicted molar refractivity (Wildman–Crippen MR) is 177 cm³/mol. The van der Waals surface area contributed by atoms with E-state index in [0.29, 0.717) is 73.9 Å². The van der Waals surface area contributed by atoms with Gasteiger partial charge in [0.2, 0.25) is 5.91 Å². The number of carbonyl (C=O) groups excluding carboxylic acids is 2. The number of hydrogen-bond acceptors (Lipinski definition) is 9. The Balaban J connectivity index is 0.000000654. The van der Waals surface area contributed by atoms with Crippen molar-refractivity contribution in [3.05, 3.63) is 71.9 Å². The second kappa shape index (κ2) is 15.7. The summed E-state index contributed by atoms with van der Waals surface area (Å²) in [5.41, 5.74) is 4.11. The molecular weight excluding hydrogens is 678 g/mol. The number of imidazole rings is 1. The Labute approximate surface area is 289 Å². The van der Waals surface area contributed by atoms with Crippen LogP contribution in [0.5, 0.6) is 5.75 Å². The van der Waals surface area contributed by atoms with Crippen LogP contribution < -0.4 is 15.4 Å². The van der Waals surface area contributed by atoms with Crippen LogP contribution in [0.25, 0.3) is 16.9 Å². The minimum Gasteiger partial charge on any atom is -0.494 e. The number of carboxylic acid groups (broad SMARTS) is 1. The van der Waals surface area contributed by atoms with Gasteiger partial charge < -0.3 is 35.4 Å². The lowest BCUT2D eigenvalue weighted by molar-refractivity contribution is -0.192. The lowest BCUT2D eigenvalue weighted by atomic mass is 9.94. The number of alkyl halides is 3. The number of piperazine rings is 1. The van der Waals surface area contributed by atoms with E-state index in [9.17, 15) is 32.3 Å². The van der Waals surface area contributed by atoms with Gasteiger partial charge in [0.1, 0.15) is 0 Å². The number of nitrogens with zero attached hydrogens (tertiary/aromatic N) is 5. The average Bonchev–Trinajstić information content (AvgIpc) is 3.56. The summed E-state index contributed by atoms with van der Waals surface area (Å²) in [4.78, 5) is 48.1. The number of methoxy groups -OCH3 is 1. The number of anilines is 2. The van der Waals surface area contributed by atoms with E-state index in [1.807, 2.05) is 39.3 Å². The number of nitrogens with one attached hydrogen (secondary N) is 2. The van der Waals surface area contributed by atoms with Gasteiger partial charge in [0.15, 0.2) is 23.0 Å². The number of piperidine rings is 1. The fourth-order valence-corrected chi connectivity index (χ4v) is 6.07. The van der Waals surface area contributed by atoms with E-state index in [1.165, 1.54) is 13.2 Å². The second-order valence-corrected chi connectivity index (χ2v) is 12.1. The maximum atomic E-state index is 14.4. The SMILES string of the molecule is COc1ccc(-c2cnc3c(Nc4ccc(C(=O)N5CCC(C(=O)N6CCNC(CO)C6)CC5)c(C)c4)nccn23)cc1F.O=C(O)C(F)(F)F. The number of fused-ring (bicyclic) bond motifs is 1. The number of hydrogen-bond donors (Lipinski definition) is 4. The van der Waals surface area contributed by atoms with Crippen molar-refractivity contribution in [3.63, 3.8) is 0 Å². The van der Waals surface area contributed by atoms with E-state index < -0.39 is 18.0 Å². The molecule has 4 heterocycles. The molecule has 0 aliphatic carbocycles. The number of carbonyl (C=O) groups is 3. The predicted octanol–water partition coefficient (Wildman–Crippen LogP) is 3.87. The molecule has 6 rings (SSSR count). The zero-order valence-electron chi connectivity index (χ0n) is 27.8. The molecule has 0 radical (unpaired) electrons. The lowest BCUT2D eigenvalue weighted by Crippen LogP contribution is -2.56. The maximum absolute atomic E-state index is 14.4. The van der Waals surface area contributed by atoms with E-state index in [-0.39, 0.29) is 36.1 Å². The molecule has 0 spiro atoms. The summed E-state index contributed by atoms with van der Waals surface area (Å²) in [6, 6.07) is 10.2. The van der Waals surface area contributed by atoms with Gasteiger partial charge in [-0.05, 0) is 61.7 Å². The molecule has 2 aliphatic rings. The smallest absolute Gasteiger partial charge is 0.490 e. The summed E-state index contributed by atoms with van der Waals surface area (Å²) >= 11 is 0. The number of halogens is 4. The first-order chi connectivity index (χ1) is 24.3. The number of amides is 2. The molecule has 4 N–H and O–H groups in total. The summed E-state index contributed by atoms with van der Waals surface area (Å²) < 4.78 is 53.0. The van der Waals surface area contributed by atoms with Crippen molar-refractivity contribution in [1.82, 2.24) is 29.5 Å². The van der Waals surface area contributed by atoms with Gasteiger partial charge in [0.05, 0.1) is 25.6 Å². The lowest BCUT2D eigenvalue weighted by Gasteiger charge is -2.38. The molecule has 51 heavy (non-hydrogen) atoms. The molecule has 2 aliphatic heterocycles. The minimum atomic E-state index is -5.08. The number of benzene rings is 2. The average molecular weight is 716 g/mol. The Bertz CT molecular complexity index is 1890. The summed E-state index contributed by atoms with van der Waals surface area (Å²) in [7, 11) is 1.43. The highest BCUT2D eigenvalue weighted by Crippen LogP contribution is 2.29. The zero-order valence-corrected chi connectivity index (χ0v) is 27.8. The Kier molecular flexibility index (Phi) is 11.4. The summed E-state index contributed by atoms with van der Waals surface area (Å²) in [5.74, 6) is -2.55. The third-order valence-corrected chi connectivity index (χ3v) is 8.76. The largest absolute Gasteiger partial charge is 0.494 e. The summed E-state index contributed by atoms with van der Waals surface area (Å²) in [5, 5.41) is 23.1. The van der Waals surface area contributed by atoms with E-state index in [0.717, 1.165) is 11.3 Å². The normalized spacial score (nSPS) is 16.7. The van der Waals surface area contributed by atoms with Crippen LogP contribution in [-0.4, -0.2) is 111 Å². The number of aliphatic hydroxyl groups is 1.